The van der Waals surface area contributed by atoms with Crippen LogP contribution in [-0.2, 0) is 19.7 Å². The molecule has 0 heterocycles. The Hall–Kier alpha value is -3.42. The molecule has 2 aromatic carbocycles. The van der Waals surface area contributed by atoms with E-state index in [1.54, 1.807) is 42.5 Å². The van der Waals surface area contributed by atoms with Crippen molar-refractivity contribution >= 4 is 17.8 Å². The van der Waals surface area contributed by atoms with E-state index in [1.807, 2.05) is 0 Å². The number of rotatable bonds is 6. The molecule has 4 aliphatic carbocycles. The van der Waals surface area contributed by atoms with Gasteiger partial charge in [-0.1, -0.05) is 24.3 Å². The topological polar surface area (TPSA) is 93.7 Å². The summed E-state index contributed by atoms with van der Waals surface area (Å²) < 4.78 is 25.7. The fourth-order valence-electron chi connectivity index (χ4n) is 6.98. The number of nitrogens with one attached hydrogen (secondary N) is 2. The molecule has 2 N–H and O–H groups in total. The third-order valence-electron chi connectivity index (χ3n) is 7.93. The Morgan fingerprint density at radius 1 is 1.00 bits per heavy atom. The summed E-state index contributed by atoms with van der Waals surface area (Å²) >= 11 is 0. The summed E-state index contributed by atoms with van der Waals surface area (Å²) in [5, 5.41) is 0. The second-order valence-corrected chi connectivity index (χ2v) is 10.3. The van der Waals surface area contributed by atoms with Crippen LogP contribution in [0.3, 0.4) is 0 Å². The summed E-state index contributed by atoms with van der Waals surface area (Å²) in [7, 11) is 1.51. The van der Waals surface area contributed by atoms with Gasteiger partial charge in [0.2, 0.25) is 0 Å². The number of amides is 2. The molecule has 4 aliphatic rings. The van der Waals surface area contributed by atoms with Gasteiger partial charge < -0.3 is 9.47 Å². The maximum atomic E-state index is 15.1. The zero-order chi connectivity index (χ0) is 24.6. The van der Waals surface area contributed by atoms with Gasteiger partial charge in [-0.25, -0.2) is 4.39 Å². The fourth-order valence-corrected chi connectivity index (χ4v) is 6.98. The number of carbonyl (C=O) groups excluding carboxylic acids is 3. The lowest BCUT2D eigenvalue weighted by Gasteiger charge is -2.61. The van der Waals surface area contributed by atoms with Crippen LogP contribution >= 0.6 is 0 Å². The molecule has 0 aromatic heterocycles. The van der Waals surface area contributed by atoms with Crippen LogP contribution in [0.1, 0.15) is 54.4 Å². The van der Waals surface area contributed by atoms with Crippen LogP contribution in [0.15, 0.2) is 48.5 Å². The van der Waals surface area contributed by atoms with E-state index in [1.165, 1.54) is 13.2 Å². The van der Waals surface area contributed by atoms with Gasteiger partial charge in [0, 0.05) is 11.6 Å². The van der Waals surface area contributed by atoms with Crippen LogP contribution in [0.2, 0.25) is 0 Å². The predicted molar refractivity (Wildman–Crippen MR) is 125 cm³/mol. The Morgan fingerprint density at radius 2 is 1.71 bits per heavy atom. The SMILES string of the molecule is COc1ccc(C23C[C@H]4C[C@@H](CC(C(=O)OCC(=O)NNC(=O)c5ccccc5)(C4)C2)C3)c(F)c1. The van der Waals surface area contributed by atoms with Crippen LogP contribution in [0.25, 0.3) is 0 Å². The molecule has 2 aromatic rings. The summed E-state index contributed by atoms with van der Waals surface area (Å²) in [4.78, 5) is 37.6. The van der Waals surface area contributed by atoms with Gasteiger partial charge >= 0.3 is 5.97 Å². The minimum Gasteiger partial charge on any atom is -0.497 e. The predicted octanol–water partition coefficient (Wildman–Crippen LogP) is 3.68. The largest absolute Gasteiger partial charge is 0.497 e. The number of hydrogen-bond acceptors (Lipinski definition) is 5. The maximum absolute atomic E-state index is 15.1. The third kappa shape index (κ3) is 4.37. The van der Waals surface area contributed by atoms with Gasteiger partial charge in [-0.2, -0.15) is 0 Å². The zero-order valence-corrected chi connectivity index (χ0v) is 19.6. The Labute approximate surface area is 203 Å². The molecule has 0 spiro atoms. The first-order valence-corrected chi connectivity index (χ1v) is 12.0. The van der Waals surface area contributed by atoms with E-state index in [-0.39, 0.29) is 5.82 Å². The summed E-state index contributed by atoms with van der Waals surface area (Å²) in [5.41, 5.74) is 4.52. The number of methoxy groups -OCH3 is 1. The van der Waals surface area contributed by atoms with Crippen LogP contribution < -0.4 is 15.6 Å². The number of hydrazine groups is 1. The molecule has 6 rings (SSSR count). The van der Waals surface area contributed by atoms with Gasteiger partial charge in [-0.3, -0.25) is 25.2 Å². The second-order valence-electron chi connectivity index (χ2n) is 10.3. The normalized spacial score (nSPS) is 28.3. The van der Waals surface area contributed by atoms with Gasteiger partial charge in [-0.15, -0.1) is 0 Å². The Morgan fingerprint density at radius 3 is 2.37 bits per heavy atom. The summed E-state index contributed by atoms with van der Waals surface area (Å²) in [6.45, 7) is -0.491. The van der Waals surface area contributed by atoms with E-state index in [9.17, 15) is 14.4 Å². The molecule has 2 atom stereocenters. The molecule has 0 unspecified atom stereocenters. The van der Waals surface area contributed by atoms with E-state index >= 15 is 4.39 Å². The molecular weight excluding hydrogens is 451 g/mol. The molecule has 184 valence electrons. The molecule has 2 amide bonds. The molecule has 0 aliphatic heterocycles. The standard InChI is InChI=1S/C27H29FN2O5/c1-34-20-7-8-21(22(28)10-20)26-11-17-9-18(12-26)14-27(13-17,16-26)25(33)35-15-23(31)29-30-24(32)19-5-3-2-4-6-19/h2-8,10,17-18H,9,11-16H2,1H3,(H,29,31)(H,30,32)/t17-,18-,26?,27?/m1/s1. The first-order valence-electron chi connectivity index (χ1n) is 12.0. The third-order valence-corrected chi connectivity index (χ3v) is 7.93. The summed E-state index contributed by atoms with van der Waals surface area (Å²) in [6, 6.07) is 13.4. The van der Waals surface area contributed by atoms with E-state index < -0.39 is 35.2 Å². The lowest BCUT2D eigenvalue weighted by atomic mass is 9.43. The fraction of sp³-hybridized carbons (Fsp3) is 0.444. The smallest absolute Gasteiger partial charge is 0.312 e. The summed E-state index contributed by atoms with van der Waals surface area (Å²) in [5.74, 6) is -0.681. The van der Waals surface area contributed by atoms with Crippen LogP contribution in [0.4, 0.5) is 4.39 Å². The highest BCUT2D eigenvalue weighted by molar-refractivity contribution is 5.95. The molecule has 35 heavy (non-hydrogen) atoms. The van der Waals surface area contributed by atoms with Crippen molar-refractivity contribution in [2.75, 3.05) is 13.7 Å². The van der Waals surface area contributed by atoms with Crippen LogP contribution in [-0.4, -0.2) is 31.5 Å². The Balaban J connectivity index is 1.24. The van der Waals surface area contributed by atoms with Crippen molar-refractivity contribution in [1.82, 2.24) is 10.9 Å². The van der Waals surface area contributed by atoms with E-state index in [0.717, 1.165) is 19.3 Å². The highest BCUT2D eigenvalue weighted by Crippen LogP contribution is 2.66. The van der Waals surface area contributed by atoms with Crippen molar-refractivity contribution in [2.45, 2.75) is 43.9 Å². The number of ether oxygens (including phenoxy) is 2. The quantitative estimate of drug-likeness (QED) is 0.486. The number of carbonyl (C=O) groups is 3. The first kappa shape index (κ1) is 23.3. The van der Waals surface area contributed by atoms with Gasteiger partial charge in [0.25, 0.3) is 11.8 Å². The van der Waals surface area contributed by atoms with Gasteiger partial charge in [0.1, 0.15) is 11.6 Å². The zero-order valence-electron chi connectivity index (χ0n) is 19.6. The number of halogens is 1. The van der Waals surface area contributed by atoms with Gasteiger partial charge in [-0.05, 0) is 79.5 Å². The lowest BCUT2D eigenvalue weighted by molar-refractivity contribution is -0.175. The monoisotopic (exact) mass is 480 g/mol. The van der Waals surface area contributed by atoms with E-state index in [4.69, 9.17) is 9.47 Å². The molecule has 8 heteroatoms. The average molecular weight is 481 g/mol. The molecule has 0 saturated heterocycles. The summed E-state index contributed by atoms with van der Waals surface area (Å²) in [6.07, 6.45) is 4.67. The highest BCUT2D eigenvalue weighted by Gasteiger charge is 2.62. The second kappa shape index (κ2) is 8.98. The van der Waals surface area contributed by atoms with E-state index in [0.29, 0.717) is 48.0 Å². The molecule has 0 radical (unpaired) electrons. The molecule has 4 fully saturated rings. The Bertz CT molecular complexity index is 1140. The molecule has 7 nitrogen and oxygen atoms in total. The van der Waals surface area contributed by atoms with Crippen LogP contribution in [0, 0.1) is 23.1 Å². The Kier molecular flexibility index (Phi) is 5.99. The number of esters is 1. The minimum absolute atomic E-state index is 0.302. The first-order chi connectivity index (χ1) is 16.8. The van der Waals surface area contributed by atoms with Crippen molar-refractivity contribution < 1.29 is 28.2 Å². The van der Waals surface area contributed by atoms with E-state index in [2.05, 4.69) is 10.9 Å². The van der Waals surface area contributed by atoms with Crippen molar-refractivity contribution in [2.24, 2.45) is 17.3 Å². The van der Waals surface area contributed by atoms with Crippen molar-refractivity contribution in [3.05, 3.63) is 65.5 Å². The van der Waals surface area contributed by atoms with Crippen LogP contribution in [0.5, 0.6) is 5.75 Å². The number of hydrogen-bond donors (Lipinski definition) is 2. The molecule has 4 saturated carbocycles. The maximum Gasteiger partial charge on any atom is 0.312 e. The van der Waals surface area contributed by atoms with Gasteiger partial charge in [0.05, 0.1) is 12.5 Å². The van der Waals surface area contributed by atoms with Crippen molar-refractivity contribution in [1.29, 1.82) is 0 Å². The molecule has 4 bridgehead atoms. The lowest BCUT2D eigenvalue weighted by Crippen LogP contribution is -2.57. The highest BCUT2D eigenvalue weighted by atomic mass is 19.1. The van der Waals surface area contributed by atoms with Gasteiger partial charge in [0.15, 0.2) is 6.61 Å². The molecular formula is C27H29FN2O5. The minimum atomic E-state index is -0.718. The number of benzene rings is 2. The van der Waals surface area contributed by atoms with Crippen molar-refractivity contribution in [3.8, 4) is 5.75 Å². The average Bonchev–Trinajstić information content (AvgIpc) is 2.85. The van der Waals surface area contributed by atoms with Crippen molar-refractivity contribution in [3.63, 3.8) is 0 Å².